The van der Waals surface area contributed by atoms with Gasteiger partial charge in [-0.15, -0.1) is 0 Å². The minimum absolute atomic E-state index is 0.0426. The van der Waals surface area contributed by atoms with Crippen molar-refractivity contribution in [2.24, 2.45) is 5.92 Å². The highest BCUT2D eigenvalue weighted by atomic mass is 16.6. The molecule has 2 atom stereocenters. The maximum atomic E-state index is 11.7. The van der Waals surface area contributed by atoms with Gasteiger partial charge in [-0.2, -0.15) is 0 Å². The molecule has 2 unspecified atom stereocenters. The Morgan fingerprint density at radius 3 is 2.27 bits per heavy atom. The van der Waals surface area contributed by atoms with Crippen molar-refractivity contribution in [2.45, 2.75) is 65.6 Å². The summed E-state index contributed by atoms with van der Waals surface area (Å²) >= 11 is 0. The van der Waals surface area contributed by atoms with Crippen molar-refractivity contribution in [3.05, 3.63) is 12.2 Å². The van der Waals surface area contributed by atoms with Crippen LogP contribution in [0.4, 0.5) is 4.79 Å². The van der Waals surface area contributed by atoms with Crippen molar-refractivity contribution in [3.63, 3.8) is 0 Å². The van der Waals surface area contributed by atoms with E-state index in [1.807, 2.05) is 27.7 Å². The Balaban J connectivity index is 4.33. The van der Waals surface area contributed by atoms with Crippen LogP contribution in [0, 0.1) is 5.92 Å². The van der Waals surface area contributed by atoms with Gasteiger partial charge in [-0.05, 0) is 40.0 Å². The summed E-state index contributed by atoms with van der Waals surface area (Å²) in [5.74, 6) is -0.527. The molecule has 0 fully saturated rings. The molecule has 0 aromatic rings. The van der Waals surface area contributed by atoms with E-state index in [0.717, 1.165) is 12.5 Å². The molecule has 0 aliphatic heterocycles. The minimum Gasteiger partial charge on any atom is -0.478 e. The lowest BCUT2D eigenvalue weighted by atomic mass is 10.0. The minimum atomic E-state index is -0.963. The molecule has 0 spiro atoms. The van der Waals surface area contributed by atoms with E-state index in [4.69, 9.17) is 9.84 Å². The molecule has 0 radical (unpaired) electrons. The SMILES string of the molecule is CC(C)CC(C=CC(=O)O)NCC(C)NC(=O)OC(C)(C)C. The number of aliphatic carboxylic acids is 1. The fourth-order valence-electron chi connectivity index (χ4n) is 1.82. The first-order valence-corrected chi connectivity index (χ1v) is 7.63. The number of carbonyl (C=O) groups is 2. The summed E-state index contributed by atoms with van der Waals surface area (Å²) in [6.45, 7) is 12.0. The summed E-state index contributed by atoms with van der Waals surface area (Å²) < 4.78 is 5.19. The zero-order chi connectivity index (χ0) is 17.3. The van der Waals surface area contributed by atoms with Crippen LogP contribution in [0.5, 0.6) is 0 Å². The van der Waals surface area contributed by atoms with Gasteiger partial charge in [0.05, 0.1) is 0 Å². The number of nitrogens with one attached hydrogen (secondary N) is 2. The van der Waals surface area contributed by atoms with Gasteiger partial charge in [-0.1, -0.05) is 19.9 Å². The van der Waals surface area contributed by atoms with Crippen LogP contribution in [0.1, 0.15) is 48.0 Å². The fourth-order valence-corrected chi connectivity index (χ4v) is 1.82. The number of rotatable bonds is 8. The van der Waals surface area contributed by atoms with Crippen molar-refractivity contribution in [1.29, 1.82) is 0 Å². The van der Waals surface area contributed by atoms with E-state index in [9.17, 15) is 9.59 Å². The lowest BCUT2D eigenvalue weighted by Gasteiger charge is -2.23. The Morgan fingerprint density at radius 1 is 1.23 bits per heavy atom. The molecule has 0 aliphatic rings. The molecule has 0 aromatic heterocycles. The highest BCUT2D eigenvalue weighted by Gasteiger charge is 2.18. The first-order chi connectivity index (χ1) is 9.99. The average molecular weight is 314 g/mol. The number of carboxylic acids is 1. The topological polar surface area (TPSA) is 87.7 Å². The zero-order valence-corrected chi connectivity index (χ0v) is 14.5. The number of carbonyl (C=O) groups excluding carboxylic acids is 1. The van der Waals surface area contributed by atoms with E-state index in [1.165, 1.54) is 0 Å². The number of ether oxygens (including phenoxy) is 1. The smallest absolute Gasteiger partial charge is 0.407 e. The Labute approximate surface area is 133 Å². The lowest BCUT2D eigenvalue weighted by molar-refractivity contribution is -0.131. The van der Waals surface area contributed by atoms with Crippen LogP contribution in [0.15, 0.2) is 12.2 Å². The lowest BCUT2D eigenvalue weighted by Crippen LogP contribution is -2.44. The molecule has 0 heterocycles. The second kappa shape index (κ2) is 9.46. The summed E-state index contributed by atoms with van der Waals surface area (Å²) in [5.41, 5.74) is -0.526. The largest absolute Gasteiger partial charge is 0.478 e. The van der Waals surface area contributed by atoms with Gasteiger partial charge >= 0.3 is 12.1 Å². The third-order valence-electron chi connectivity index (χ3n) is 2.65. The quantitative estimate of drug-likeness (QED) is 0.599. The Morgan fingerprint density at radius 2 is 1.82 bits per heavy atom. The van der Waals surface area contributed by atoms with Crippen molar-refractivity contribution < 1.29 is 19.4 Å². The summed E-state index contributed by atoms with van der Waals surface area (Å²) in [4.78, 5) is 22.3. The molecule has 0 saturated heterocycles. The number of alkyl carbamates (subject to hydrolysis) is 1. The Bertz CT molecular complexity index is 386. The molecule has 0 aromatic carbocycles. The molecule has 6 heteroatoms. The van der Waals surface area contributed by atoms with Gasteiger partial charge in [-0.25, -0.2) is 9.59 Å². The first kappa shape index (κ1) is 20.4. The van der Waals surface area contributed by atoms with Crippen LogP contribution in [0.25, 0.3) is 0 Å². The van der Waals surface area contributed by atoms with E-state index < -0.39 is 17.7 Å². The van der Waals surface area contributed by atoms with Gasteiger partial charge < -0.3 is 20.5 Å². The molecule has 0 aliphatic carbocycles. The monoisotopic (exact) mass is 314 g/mol. The van der Waals surface area contributed by atoms with Crippen LogP contribution in [-0.2, 0) is 9.53 Å². The second-order valence-corrected chi connectivity index (χ2v) is 6.89. The van der Waals surface area contributed by atoms with Gasteiger partial charge in [0.25, 0.3) is 0 Å². The summed E-state index contributed by atoms with van der Waals surface area (Å²) in [6.07, 6.45) is 3.15. The van der Waals surface area contributed by atoms with Crippen LogP contribution < -0.4 is 10.6 Å². The molecule has 0 saturated carbocycles. The predicted octanol–water partition coefficient (Wildman–Crippen LogP) is 2.54. The third-order valence-corrected chi connectivity index (χ3v) is 2.65. The van der Waals surface area contributed by atoms with Crippen LogP contribution in [0.3, 0.4) is 0 Å². The highest BCUT2D eigenvalue weighted by Crippen LogP contribution is 2.07. The summed E-state index contributed by atoms with van der Waals surface area (Å²) in [5, 5.41) is 14.7. The fraction of sp³-hybridized carbons (Fsp3) is 0.750. The second-order valence-electron chi connectivity index (χ2n) is 6.89. The van der Waals surface area contributed by atoms with Crippen molar-refractivity contribution in [3.8, 4) is 0 Å². The number of amides is 1. The van der Waals surface area contributed by atoms with Gasteiger partial charge in [0.1, 0.15) is 5.60 Å². The van der Waals surface area contributed by atoms with Crippen LogP contribution in [-0.4, -0.2) is 41.4 Å². The van der Waals surface area contributed by atoms with Crippen molar-refractivity contribution in [2.75, 3.05) is 6.54 Å². The molecular weight excluding hydrogens is 284 g/mol. The van der Waals surface area contributed by atoms with Gasteiger partial charge in [-0.3, -0.25) is 0 Å². The van der Waals surface area contributed by atoms with Gasteiger partial charge in [0.15, 0.2) is 0 Å². The maximum absolute atomic E-state index is 11.7. The number of hydrogen-bond acceptors (Lipinski definition) is 4. The molecule has 1 amide bonds. The zero-order valence-electron chi connectivity index (χ0n) is 14.5. The summed E-state index contributed by atoms with van der Waals surface area (Å²) in [7, 11) is 0. The first-order valence-electron chi connectivity index (χ1n) is 7.63. The molecule has 6 nitrogen and oxygen atoms in total. The van der Waals surface area contributed by atoms with Gasteiger partial charge in [0.2, 0.25) is 0 Å². The predicted molar refractivity (Wildman–Crippen MR) is 86.9 cm³/mol. The van der Waals surface area contributed by atoms with E-state index in [1.54, 1.807) is 6.08 Å². The molecule has 3 N–H and O–H groups in total. The van der Waals surface area contributed by atoms with Crippen molar-refractivity contribution in [1.82, 2.24) is 10.6 Å². The van der Waals surface area contributed by atoms with E-state index in [-0.39, 0.29) is 12.1 Å². The third kappa shape index (κ3) is 12.2. The van der Waals surface area contributed by atoms with E-state index >= 15 is 0 Å². The maximum Gasteiger partial charge on any atom is 0.407 e. The number of hydrogen-bond donors (Lipinski definition) is 3. The Hall–Kier alpha value is -1.56. The van der Waals surface area contributed by atoms with Gasteiger partial charge in [0, 0.05) is 24.7 Å². The highest BCUT2D eigenvalue weighted by molar-refractivity contribution is 5.79. The standard InChI is InChI=1S/C16H30N2O4/c1-11(2)9-13(7-8-14(19)20)17-10-12(3)18-15(21)22-16(4,5)6/h7-8,11-13,17H,9-10H2,1-6H3,(H,18,21)(H,19,20). The molecule has 22 heavy (non-hydrogen) atoms. The number of carboxylic acid groups (broad SMARTS) is 1. The molecule has 0 rings (SSSR count). The van der Waals surface area contributed by atoms with Crippen LogP contribution >= 0.6 is 0 Å². The van der Waals surface area contributed by atoms with Crippen LogP contribution in [0.2, 0.25) is 0 Å². The normalized spacial score (nSPS) is 14.9. The van der Waals surface area contributed by atoms with E-state index in [0.29, 0.717) is 12.5 Å². The summed E-state index contributed by atoms with van der Waals surface area (Å²) in [6, 6.07) is -0.165. The van der Waals surface area contributed by atoms with Crippen molar-refractivity contribution >= 4 is 12.1 Å². The molecule has 0 bridgehead atoms. The Kier molecular flexibility index (Phi) is 8.79. The average Bonchev–Trinajstić information content (AvgIpc) is 2.29. The molecular formula is C16H30N2O4. The molecule has 128 valence electrons. The van der Waals surface area contributed by atoms with E-state index in [2.05, 4.69) is 24.5 Å².